The Labute approximate surface area is 218 Å². The summed E-state index contributed by atoms with van der Waals surface area (Å²) >= 11 is 0. The molecule has 0 atom stereocenters. The Hall–Kier alpha value is -4.42. The summed E-state index contributed by atoms with van der Waals surface area (Å²) in [5.74, 6) is 4.59. The van der Waals surface area contributed by atoms with Gasteiger partial charge in [0.25, 0.3) is 10.0 Å². The van der Waals surface area contributed by atoms with Crippen molar-refractivity contribution in [2.24, 2.45) is 9.98 Å². The minimum absolute atomic E-state index is 0.0750. The number of hydrogen-bond donors (Lipinski definition) is 3. The van der Waals surface area contributed by atoms with Crippen LogP contribution in [0.4, 0.5) is 11.4 Å². The van der Waals surface area contributed by atoms with E-state index in [1.165, 1.54) is 12.3 Å². The molecule has 0 aliphatic carbocycles. The number of nitrogens with one attached hydrogen (secondary N) is 2. The normalized spacial score (nSPS) is 12.0. The van der Waals surface area contributed by atoms with Crippen molar-refractivity contribution >= 4 is 46.4 Å². The zero-order valence-corrected chi connectivity index (χ0v) is 21.9. The van der Waals surface area contributed by atoms with Gasteiger partial charge in [-0.05, 0) is 43.8 Å². The molecule has 192 valence electrons. The standard InChI is InChI=1S/C28H30N4O4S/c1-6-13-22-18-17-20(7-2)27(25(22)30-5)37(35,36)32-24-16-10-9-14-21(24)15-11-12-19-31-26(28(33)34)23(8-3)29-4/h6,8-10,13-14,16-19,29,32H,3,5,7,12H2,1-2,4H3,(H,33,34)/b13-6-,26-23+,31-19-. The van der Waals surface area contributed by atoms with Crippen molar-refractivity contribution in [2.75, 3.05) is 11.8 Å². The van der Waals surface area contributed by atoms with Gasteiger partial charge in [-0.25, -0.2) is 13.2 Å². The van der Waals surface area contributed by atoms with Crippen LogP contribution in [0.2, 0.25) is 0 Å². The fraction of sp³-hybridized carbons (Fsp3) is 0.179. The first kappa shape index (κ1) is 28.8. The molecule has 0 bridgehead atoms. The molecule has 0 fully saturated rings. The van der Waals surface area contributed by atoms with Gasteiger partial charge in [0.05, 0.1) is 17.1 Å². The lowest BCUT2D eigenvalue weighted by molar-refractivity contribution is -0.132. The number of likely N-dealkylation sites (N-methyl/N-ethyl adjacent to an activating group) is 1. The maximum absolute atomic E-state index is 13.5. The number of aliphatic carboxylic acids is 1. The lowest BCUT2D eigenvalue weighted by Crippen LogP contribution is -2.16. The zero-order chi connectivity index (χ0) is 27.4. The quantitative estimate of drug-likeness (QED) is 0.169. The number of allylic oxidation sites excluding steroid dienone is 2. The number of aliphatic imine (C=N–C) groups is 2. The molecule has 2 aromatic rings. The number of nitrogens with zero attached hydrogens (tertiary/aromatic N) is 2. The van der Waals surface area contributed by atoms with Gasteiger partial charge >= 0.3 is 5.97 Å². The van der Waals surface area contributed by atoms with Crippen molar-refractivity contribution in [1.29, 1.82) is 0 Å². The van der Waals surface area contributed by atoms with Crippen LogP contribution < -0.4 is 10.0 Å². The van der Waals surface area contributed by atoms with E-state index in [0.717, 1.165) is 0 Å². The second-order valence-electron chi connectivity index (χ2n) is 7.49. The molecule has 2 aromatic carbocycles. The Kier molecular flexibility index (Phi) is 10.6. The molecule has 37 heavy (non-hydrogen) atoms. The highest BCUT2D eigenvalue weighted by Gasteiger charge is 2.24. The van der Waals surface area contributed by atoms with Crippen molar-refractivity contribution in [3.05, 3.63) is 83.2 Å². The Morgan fingerprint density at radius 3 is 2.54 bits per heavy atom. The monoisotopic (exact) mass is 518 g/mol. The number of anilines is 1. The topological polar surface area (TPSA) is 120 Å². The number of carboxylic acid groups (broad SMARTS) is 1. The molecule has 0 unspecified atom stereocenters. The maximum Gasteiger partial charge on any atom is 0.356 e. The van der Waals surface area contributed by atoms with Crippen molar-refractivity contribution in [3.63, 3.8) is 0 Å². The molecule has 0 saturated heterocycles. The van der Waals surface area contributed by atoms with Gasteiger partial charge in [0.2, 0.25) is 0 Å². The summed E-state index contributed by atoms with van der Waals surface area (Å²) in [5.41, 5.74) is 2.39. The summed E-state index contributed by atoms with van der Waals surface area (Å²) in [6.45, 7) is 10.9. The smallest absolute Gasteiger partial charge is 0.356 e. The number of para-hydroxylation sites is 1. The van der Waals surface area contributed by atoms with Crippen LogP contribution in [0.5, 0.6) is 0 Å². The van der Waals surface area contributed by atoms with Crippen LogP contribution in [0.1, 0.15) is 37.0 Å². The zero-order valence-electron chi connectivity index (χ0n) is 21.1. The number of rotatable bonds is 11. The number of aryl methyl sites for hydroxylation is 1. The molecule has 2 rings (SSSR count). The Bertz CT molecular complexity index is 1440. The van der Waals surface area contributed by atoms with Crippen LogP contribution >= 0.6 is 0 Å². The molecule has 0 aromatic heterocycles. The minimum atomic E-state index is -4.03. The number of carbonyl (C=O) groups is 1. The summed E-state index contributed by atoms with van der Waals surface area (Å²) in [7, 11) is -2.46. The molecule has 0 spiro atoms. The first-order valence-electron chi connectivity index (χ1n) is 11.4. The Morgan fingerprint density at radius 1 is 1.22 bits per heavy atom. The highest BCUT2D eigenvalue weighted by atomic mass is 32.2. The van der Waals surface area contributed by atoms with E-state index in [2.05, 4.69) is 45.2 Å². The Balaban J connectivity index is 2.41. The van der Waals surface area contributed by atoms with Crippen LogP contribution in [0.25, 0.3) is 6.08 Å². The van der Waals surface area contributed by atoms with E-state index in [-0.39, 0.29) is 28.4 Å². The van der Waals surface area contributed by atoms with Gasteiger partial charge in [0.15, 0.2) is 5.70 Å². The number of sulfonamides is 1. The van der Waals surface area contributed by atoms with Crippen LogP contribution in [-0.2, 0) is 21.2 Å². The van der Waals surface area contributed by atoms with E-state index in [9.17, 15) is 18.3 Å². The van der Waals surface area contributed by atoms with Crippen LogP contribution in [0, 0.1) is 11.8 Å². The second kappa shape index (κ2) is 13.6. The second-order valence-corrected chi connectivity index (χ2v) is 9.11. The third-order valence-electron chi connectivity index (χ3n) is 5.14. The summed E-state index contributed by atoms with van der Waals surface area (Å²) in [6, 6.07) is 10.3. The summed E-state index contributed by atoms with van der Waals surface area (Å²) < 4.78 is 29.7. The third-order valence-corrected chi connectivity index (χ3v) is 6.62. The average Bonchev–Trinajstić information content (AvgIpc) is 2.88. The first-order valence-corrected chi connectivity index (χ1v) is 12.9. The summed E-state index contributed by atoms with van der Waals surface area (Å²) in [4.78, 5) is 19.5. The minimum Gasteiger partial charge on any atom is -0.476 e. The van der Waals surface area contributed by atoms with E-state index >= 15 is 0 Å². The van der Waals surface area contributed by atoms with E-state index < -0.39 is 16.0 Å². The molecule has 3 N–H and O–H groups in total. The predicted molar refractivity (Wildman–Crippen MR) is 151 cm³/mol. The average molecular weight is 519 g/mol. The van der Waals surface area contributed by atoms with Crippen LogP contribution in [-0.4, -0.2) is 39.5 Å². The lowest BCUT2D eigenvalue weighted by Gasteiger charge is -2.16. The number of hydrogen-bond acceptors (Lipinski definition) is 6. The highest BCUT2D eigenvalue weighted by molar-refractivity contribution is 7.93. The van der Waals surface area contributed by atoms with Crippen LogP contribution in [0.3, 0.4) is 0 Å². The lowest BCUT2D eigenvalue weighted by atomic mass is 10.1. The number of benzene rings is 2. The van der Waals surface area contributed by atoms with Gasteiger partial charge in [-0.15, -0.1) is 0 Å². The first-order chi connectivity index (χ1) is 17.7. The molecule has 0 heterocycles. The summed E-state index contributed by atoms with van der Waals surface area (Å²) in [5, 5.41) is 12.0. The molecule has 0 amide bonds. The molecule has 0 aliphatic heterocycles. The fourth-order valence-corrected chi connectivity index (χ4v) is 5.01. The summed E-state index contributed by atoms with van der Waals surface area (Å²) in [6.07, 6.45) is 6.95. The highest BCUT2D eigenvalue weighted by Crippen LogP contribution is 2.34. The van der Waals surface area contributed by atoms with E-state index in [0.29, 0.717) is 28.8 Å². The van der Waals surface area contributed by atoms with E-state index in [1.807, 2.05) is 19.9 Å². The molecule has 0 saturated carbocycles. The van der Waals surface area contributed by atoms with Crippen molar-refractivity contribution in [1.82, 2.24) is 5.32 Å². The van der Waals surface area contributed by atoms with Crippen molar-refractivity contribution in [2.45, 2.75) is 31.6 Å². The molecule has 9 heteroatoms. The van der Waals surface area contributed by atoms with Crippen LogP contribution in [0.15, 0.2) is 81.4 Å². The fourth-order valence-electron chi connectivity index (χ4n) is 3.45. The van der Waals surface area contributed by atoms with Gasteiger partial charge in [-0.3, -0.25) is 14.7 Å². The van der Waals surface area contributed by atoms with Crippen molar-refractivity contribution in [3.8, 4) is 11.8 Å². The molecule has 8 nitrogen and oxygen atoms in total. The largest absolute Gasteiger partial charge is 0.476 e. The number of carboxylic acids is 1. The SMILES string of the molecule is C=C/C(NC)=C(\N=C/CC#Cc1ccccc1NS(=O)(=O)c1c(CC)ccc(/C=C\C)c1N=C)C(=O)O. The molecular weight excluding hydrogens is 488 g/mol. The van der Waals surface area contributed by atoms with Gasteiger partial charge in [0.1, 0.15) is 4.90 Å². The van der Waals surface area contributed by atoms with E-state index in [1.54, 1.807) is 49.5 Å². The third kappa shape index (κ3) is 7.29. The Morgan fingerprint density at radius 2 is 1.95 bits per heavy atom. The predicted octanol–water partition coefficient (Wildman–Crippen LogP) is 4.93. The molecular formula is C28H30N4O4S. The maximum atomic E-state index is 13.5. The van der Waals surface area contributed by atoms with E-state index in [4.69, 9.17) is 0 Å². The molecule has 0 aliphatic rings. The van der Waals surface area contributed by atoms with Gasteiger partial charge in [-0.1, -0.05) is 61.8 Å². The molecule has 0 radical (unpaired) electrons. The van der Waals surface area contributed by atoms with Gasteiger partial charge in [0, 0.05) is 30.8 Å². The van der Waals surface area contributed by atoms with Gasteiger partial charge in [-0.2, -0.15) is 0 Å². The van der Waals surface area contributed by atoms with Gasteiger partial charge < -0.3 is 10.4 Å². The van der Waals surface area contributed by atoms with Crippen molar-refractivity contribution < 1.29 is 18.3 Å².